The van der Waals surface area contributed by atoms with Crippen molar-refractivity contribution >= 4 is 5.91 Å². The molecule has 19 heavy (non-hydrogen) atoms. The van der Waals surface area contributed by atoms with Crippen LogP contribution in [0.3, 0.4) is 0 Å². The van der Waals surface area contributed by atoms with Crippen LogP contribution in [0.2, 0.25) is 0 Å². The van der Waals surface area contributed by atoms with Gasteiger partial charge in [-0.15, -0.1) is 0 Å². The van der Waals surface area contributed by atoms with Crippen molar-refractivity contribution in [2.45, 2.75) is 38.3 Å². The molecular formula is C13H19F3N2O. The van der Waals surface area contributed by atoms with Crippen LogP contribution in [0.1, 0.15) is 32.1 Å². The normalized spacial score (nSPS) is 23.4. The van der Waals surface area contributed by atoms with Crippen molar-refractivity contribution in [1.82, 2.24) is 4.90 Å². The number of rotatable bonds is 2. The van der Waals surface area contributed by atoms with Crippen molar-refractivity contribution in [3.05, 3.63) is 11.6 Å². The topological polar surface area (TPSA) is 46.3 Å². The summed E-state index contributed by atoms with van der Waals surface area (Å²) in [6.45, 7) is 0.486. The van der Waals surface area contributed by atoms with E-state index in [0.29, 0.717) is 0 Å². The van der Waals surface area contributed by atoms with E-state index in [-0.39, 0.29) is 32.0 Å². The van der Waals surface area contributed by atoms with Crippen molar-refractivity contribution in [2.75, 3.05) is 19.6 Å². The average molecular weight is 276 g/mol. The SMILES string of the molecule is NCC1(C(=O)N2CC=C(C(F)(F)F)CC2)CCCC1. The predicted octanol–water partition coefficient (Wildman–Crippen LogP) is 2.23. The molecule has 1 heterocycles. The van der Waals surface area contributed by atoms with Gasteiger partial charge >= 0.3 is 6.18 Å². The fourth-order valence-electron chi connectivity index (χ4n) is 3.00. The Labute approximate surface area is 110 Å². The molecule has 1 fully saturated rings. The van der Waals surface area contributed by atoms with E-state index in [1.165, 1.54) is 4.90 Å². The van der Waals surface area contributed by atoms with E-state index in [9.17, 15) is 18.0 Å². The van der Waals surface area contributed by atoms with E-state index in [2.05, 4.69) is 0 Å². The molecule has 0 atom stereocenters. The lowest BCUT2D eigenvalue weighted by Crippen LogP contribution is -2.48. The average Bonchev–Trinajstić information content (AvgIpc) is 2.87. The molecule has 0 aromatic heterocycles. The summed E-state index contributed by atoms with van der Waals surface area (Å²) in [4.78, 5) is 14.0. The van der Waals surface area contributed by atoms with Crippen LogP contribution in [0.15, 0.2) is 11.6 Å². The molecule has 0 aromatic carbocycles. The monoisotopic (exact) mass is 276 g/mol. The molecule has 1 aliphatic heterocycles. The van der Waals surface area contributed by atoms with Crippen LogP contribution in [0.4, 0.5) is 13.2 Å². The van der Waals surface area contributed by atoms with Crippen LogP contribution < -0.4 is 5.73 Å². The maximum Gasteiger partial charge on any atom is 0.412 e. The zero-order valence-electron chi connectivity index (χ0n) is 10.8. The van der Waals surface area contributed by atoms with Gasteiger partial charge in [0.15, 0.2) is 0 Å². The van der Waals surface area contributed by atoms with Gasteiger partial charge in [0, 0.05) is 25.2 Å². The first-order valence-electron chi connectivity index (χ1n) is 6.65. The van der Waals surface area contributed by atoms with E-state index in [4.69, 9.17) is 5.73 Å². The van der Waals surface area contributed by atoms with Gasteiger partial charge in [-0.2, -0.15) is 13.2 Å². The zero-order chi connectivity index (χ0) is 14.1. The zero-order valence-corrected chi connectivity index (χ0v) is 10.8. The summed E-state index contributed by atoms with van der Waals surface area (Å²) in [5.74, 6) is -0.0648. The van der Waals surface area contributed by atoms with Gasteiger partial charge in [-0.25, -0.2) is 0 Å². The Kier molecular flexibility index (Phi) is 3.90. The van der Waals surface area contributed by atoms with Crippen molar-refractivity contribution in [1.29, 1.82) is 0 Å². The van der Waals surface area contributed by atoms with Crippen LogP contribution in [-0.2, 0) is 4.79 Å². The molecule has 6 heteroatoms. The maximum atomic E-state index is 12.5. The second kappa shape index (κ2) is 5.15. The van der Waals surface area contributed by atoms with Crippen molar-refractivity contribution < 1.29 is 18.0 Å². The van der Waals surface area contributed by atoms with E-state index in [0.717, 1.165) is 31.8 Å². The highest BCUT2D eigenvalue weighted by molar-refractivity contribution is 5.83. The number of hydrogen-bond acceptors (Lipinski definition) is 2. The van der Waals surface area contributed by atoms with Crippen LogP contribution in [0, 0.1) is 5.41 Å². The van der Waals surface area contributed by atoms with E-state index in [1.54, 1.807) is 0 Å². The number of hydrogen-bond donors (Lipinski definition) is 1. The van der Waals surface area contributed by atoms with Gasteiger partial charge in [-0.3, -0.25) is 4.79 Å². The summed E-state index contributed by atoms with van der Waals surface area (Å²) in [5.41, 5.74) is 4.68. The molecule has 108 valence electrons. The smallest absolute Gasteiger partial charge is 0.338 e. The fourth-order valence-corrected chi connectivity index (χ4v) is 3.00. The highest BCUT2D eigenvalue weighted by Crippen LogP contribution is 2.40. The van der Waals surface area contributed by atoms with Gasteiger partial charge in [0.2, 0.25) is 5.91 Å². The molecule has 2 aliphatic rings. The van der Waals surface area contributed by atoms with Gasteiger partial charge in [0.1, 0.15) is 0 Å². The van der Waals surface area contributed by atoms with E-state index < -0.39 is 17.2 Å². The van der Waals surface area contributed by atoms with Crippen LogP contribution in [0.5, 0.6) is 0 Å². The summed E-state index contributed by atoms with van der Waals surface area (Å²) in [7, 11) is 0. The quantitative estimate of drug-likeness (QED) is 0.786. The number of nitrogens with zero attached hydrogens (tertiary/aromatic N) is 1. The number of carbonyl (C=O) groups is 1. The molecule has 0 aromatic rings. The number of amides is 1. The number of carbonyl (C=O) groups excluding carboxylic acids is 1. The number of alkyl halides is 3. The molecule has 1 amide bonds. The molecule has 2 rings (SSSR count). The Morgan fingerprint density at radius 1 is 1.37 bits per heavy atom. The minimum Gasteiger partial charge on any atom is -0.338 e. The lowest BCUT2D eigenvalue weighted by atomic mass is 9.84. The van der Waals surface area contributed by atoms with E-state index in [1.807, 2.05) is 0 Å². The summed E-state index contributed by atoms with van der Waals surface area (Å²) >= 11 is 0. The van der Waals surface area contributed by atoms with Gasteiger partial charge in [0.05, 0.1) is 5.41 Å². The van der Waals surface area contributed by atoms with Gasteiger partial charge < -0.3 is 10.6 Å². The Morgan fingerprint density at radius 2 is 2.00 bits per heavy atom. The van der Waals surface area contributed by atoms with E-state index >= 15 is 0 Å². The van der Waals surface area contributed by atoms with Crippen LogP contribution >= 0.6 is 0 Å². The highest BCUT2D eigenvalue weighted by Gasteiger charge is 2.43. The molecule has 0 spiro atoms. The minimum atomic E-state index is -4.27. The largest absolute Gasteiger partial charge is 0.412 e. The van der Waals surface area contributed by atoms with Crippen LogP contribution in [-0.4, -0.2) is 36.6 Å². The first-order valence-corrected chi connectivity index (χ1v) is 6.65. The van der Waals surface area contributed by atoms with Gasteiger partial charge in [-0.05, 0) is 19.3 Å². The Hall–Kier alpha value is -1.04. The molecule has 3 nitrogen and oxygen atoms in total. The third-order valence-corrected chi connectivity index (χ3v) is 4.27. The molecule has 1 saturated carbocycles. The molecule has 1 aliphatic carbocycles. The fraction of sp³-hybridized carbons (Fsp3) is 0.769. The number of nitrogens with two attached hydrogens (primary N) is 1. The minimum absolute atomic E-state index is 0.0510. The Morgan fingerprint density at radius 3 is 2.42 bits per heavy atom. The van der Waals surface area contributed by atoms with Crippen molar-refractivity contribution in [3.8, 4) is 0 Å². The summed E-state index contributed by atoms with van der Waals surface area (Å²) in [5, 5.41) is 0. The first kappa shape index (κ1) is 14.4. The van der Waals surface area contributed by atoms with Gasteiger partial charge in [-0.1, -0.05) is 18.9 Å². The Balaban J connectivity index is 2.05. The molecule has 0 bridgehead atoms. The number of halogens is 3. The standard InChI is InChI=1S/C13H19F3N2O/c14-13(15,16)10-3-7-18(8-4-10)11(19)12(9-17)5-1-2-6-12/h3H,1-2,4-9,17H2. The molecule has 0 unspecified atom stereocenters. The van der Waals surface area contributed by atoms with Crippen molar-refractivity contribution in [2.24, 2.45) is 11.1 Å². The summed E-state index contributed by atoms with van der Waals surface area (Å²) < 4.78 is 37.6. The van der Waals surface area contributed by atoms with Gasteiger partial charge in [0.25, 0.3) is 0 Å². The highest BCUT2D eigenvalue weighted by atomic mass is 19.4. The second-order valence-corrected chi connectivity index (χ2v) is 5.42. The molecule has 2 N–H and O–H groups in total. The predicted molar refractivity (Wildman–Crippen MR) is 65.3 cm³/mol. The van der Waals surface area contributed by atoms with Crippen molar-refractivity contribution in [3.63, 3.8) is 0 Å². The lowest BCUT2D eigenvalue weighted by molar-refractivity contribution is -0.142. The van der Waals surface area contributed by atoms with Crippen LogP contribution in [0.25, 0.3) is 0 Å². The first-order chi connectivity index (χ1) is 8.89. The third-order valence-electron chi connectivity index (χ3n) is 4.27. The molecular weight excluding hydrogens is 257 g/mol. The third kappa shape index (κ3) is 2.78. The maximum absolute atomic E-state index is 12.5. The molecule has 0 radical (unpaired) electrons. The second-order valence-electron chi connectivity index (χ2n) is 5.42. The lowest BCUT2D eigenvalue weighted by Gasteiger charge is -2.35. The summed E-state index contributed by atoms with van der Waals surface area (Å²) in [6.07, 6.45) is 0.203. The Bertz CT molecular complexity index is 384. The molecule has 0 saturated heterocycles. The summed E-state index contributed by atoms with van der Waals surface area (Å²) in [6, 6.07) is 0.